The van der Waals surface area contributed by atoms with E-state index in [9.17, 15) is 0 Å². The van der Waals surface area contributed by atoms with Crippen LogP contribution >= 0.6 is 0 Å². The molecular weight excluding hydrogens is 140 g/mol. The van der Waals surface area contributed by atoms with E-state index in [1.54, 1.807) is 6.21 Å². The predicted molar refractivity (Wildman–Crippen MR) is 45.7 cm³/mol. The number of aliphatic hydroxyl groups excluding tert-OH is 1. The summed E-state index contributed by atoms with van der Waals surface area (Å²) in [5, 5.41) is 8.77. The van der Waals surface area contributed by atoms with E-state index in [0.717, 1.165) is 6.42 Å². The van der Waals surface area contributed by atoms with Gasteiger partial charge in [-0.05, 0) is 25.5 Å². The average Bonchev–Trinajstić information content (AvgIpc) is 2.39. The molecule has 1 atom stereocenters. The van der Waals surface area contributed by atoms with E-state index in [-0.39, 0.29) is 12.1 Å². The molecule has 0 aromatic carbocycles. The highest BCUT2D eigenvalue weighted by Crippen LogP contribution is 2.24. The Kier molecular flexibility index (Phi) is 2.79. The number of hydrogen-bond acceptors (Lipinski definition) is 3. The fraction of sp³-hybridized carbons (Fsp3) is 0.625. The zero-order chi connectivity index (χ0) is 8.16. The number of allylic oxidation sites excluding steroid dienone is 1. The lowest BCUT2D eigenvalue weighted by molar-refractivity contribution is 0.255. The molecule has 11 heavy (non-hydrogen) atoms. The molecule has 0 aromatic rings. The van der Waals surface area contributed by atoms with Crippen molar-refractivity contribution in [1.82, 2.24) is 0 Å². The summed E-state index contributed by atoms with van der Waals surface area (Å²) in [7, 11) is 0. The summed E-state index contributed by atoms with van der Waals surface area (Å²) in [4.78, 5) is 4.27. The molecular formula is C8H14N2O. The molecule has 0 bridgehead atoms. The van der Waals surface area contributed by atoms with Crippen LogP contribution in [0.2, 0.25) is 0 Å². The Labute approximate surface area is 66.6 Å². The van der Waals surface area contributed by atoms with Crippen molar-refractivity contribution in [3.8, 4) is 0 Å². The van der Waals surface area contributed by atoms with Crippen LogP contribution in [0.3, 0.4) is 0 Å². The number of nitrogens with zero attached hydrogens (tertiary/aromatic N) is 1. The van der Waals surface area contributed by atoms with Gasteiger partial charge in [0.25, 0.3) is 0 Å². The number of aliphatic imine (C=N–C) groups is 1. The fourth-order valence-electron chi connectivity index (χ4n) is 1.32. The Morgan fingerprint density at radius 3 is 2.73 bits per heavy atom. The van der Waals surface area contributed by atoms with E-state index in [0.29, 0.717) is 13.0 Å². The normalized spacial score (nSPS) is 28.2. The summed E-state index contributed by atoms with van der Waals surface area (Å²) < 4.78 is 0. The molecule has 1 unspecified atom stereocenters. The van der Waals surface area contributed by atoms with Crippen LogP contribution in [-0.2, 0) is 0 Å². The van der Waals surface area contributed by atoms with Gasteiger partial charge in [0.1, 0.15) is 0 Å². The van der Waals surface area contributed by atoms with Gasteiger partial charge in [0.05, 0.1) is 5.54 Å². The molecule has 1 heterocycles. The Balaban J connectivity index is 2.56. The first-order valence-corrected chi connectivity index (χ1v) is 3.87. The molecule has 3 N–H and O–H groups in total. The first-order chi connectivity index (χ1) is 5.33. The van der Waals surface area contributed by atoms with Gasteiger partial charge in [-0.15, -0.1) is 0 Å². The zero-order valence-electron chi connectivity index (χ0n) is 6.53. The van der Waals surface area contributed by atoms with Gasteiger partial charge in [-0.3, -0.25) is 4.99 Å². The van der Waals surface area contributed by atoms with E-state index in [4.69, 9.17) is 10.8 Å². The first-order valence-electron chi connectivity index (χ1n) is 3.87. The molecule has 0 aliphatic carbocycles. The summed E-state index contributed by atoms with van der Waals surface area (Å²) in [5.74, 6) is 0. The molecule has 0 spiro atoms. The Hall–Kier alpha value is -0.670. The fourth-order valence-corrected chi connectivity index (χ4v) is 1.32. The number of nitrogens with two attached hydrogens (primary N) is 1. The monoisotopic (exact) mass is 154 g/mol. The maximum Gasteiger partial charge on any atom is 0.0824 e. The molecule has 62 valence electrons. The Morgan fingerprint density at radius 2 is 2.27 bits per heavy atom. The quantitative estimate of drug-likeness (QED) is 0.603. The van der Waals surface area contributed by atoms with Crippen LogP contribution in [0.25, 0.3) is 0 Å². The van der Waals surface area contributed by atoms with E-state index in [2.05, 4.69) is 4.99 Å². The molecule has 0 saturated heterocycles. The molecule has 1 rings (SSSR count). The minimum absolute atomic E-state index is 0.168. The van der Waals surface area contributed by atoms with Gasteiger partial charge in [0.15, 0.2) is 0 Å². The van der Waals surface area contributed by atoms with E-state index >= 15 is 0 Å². The third-order valence-electron chi connectivity index (χ3n) is 1.95. The topological polar surface area (TPSA) is 58.6 Å². The number of aliphatic hydroxyl groups is 1. The highest BCUT2D eigenvalue weighted by Gasteiger charge is 2.25. The van der Waals surface area contributed by atoms with Crippen LogP contribution in [-0.4, -0.2) is 30.0 Å². The molecule has 0 saturated carbocycles. The molecule has 0 radical (unpaired) electrons. The van der Waals surface area contributed by atoms with E-state index < -0.39 is 0 Å². The van der Waals surface area contributed by atoms with E-state index in [1.165, 1.54) is 0 Å². The molecule has 3 nitrogen and oxygen atoms in total. The van der Waals surface area contributed by atoms with Crippen molar-refractivity contribution >= 4 is 6.21 Å². The second-order valence-corrected chi connectivity index (χ2v) is 2.75. The highest BCUT2D eigenvalue weighted by atomic mass is 16.3. The summed E-state index contributed by atoms with van der Waals surface area (Å²) in [6.45, 7) is 0.781. The van der Waals surface area contributed by atoms with Crippen LogP contribution in [0, 0.1) is 0 Å². The lowest BCUT2D eigenvalue weighted by Crippen LogP contribution is -2.27. The average molecular weight is 154 g/mol. The molecule has 1 aliphatic rings. The molecule has 0 amide bonds. The van der Waals surface area contributed by atoms with Crippen molar-refractivity contribution in [2.24, 2.45) is 10.7 Å². The van der Waals surface area contributed by atoms with Crippen molar-refractivity contribution in [3.05, 3.63) is 12.2 Å². The summed E-state index contributed by atoms with van der Waals surface area (Å²) in [6.07, 6.45) is 7.18. The van der Waals surface area contributed by atoms with Gasteiger partial charge >= 0.3 is 0 Å². The van der Waals surface area contributed by atoms with Crippen LogP contribution in [0.1, 0.15) is 12.8 Å². The zero-order valence-corrected chi connectivity index (χ0v) is 6.53. The smallest absolute Gasteiger partial charge is 0.0824 e. The second kappa shape index (κ2) is 3.64. The third kappa shape index (κ3) is 1.88. The Bertz CT molecular complexity index is 155. The van der Waals surface area contributed by atoms with Crippen LogP contribution < -0.4 is 5.73 Å². The van der Waals surface area contributed by atoms with Gasteiger partial charge in [-0.25, -0.2) is 0 Å². The lowest BCUT2D eigenvalue weighted by Gasteiger charge is -2.21. The van der Waals surface area contributed by atoms with Gasteiger partial charge in [-0.1, -0.05) is 6.08 Å². The van der Waals surface area contributed by atoms with Crippen molar-refractivity contribution < 1.29 is 5.11 Å². The highest BCUT2D eigenvalue weighted by molar-refractivity contribution is 5.75. The van der Waals surface area contributed by atoms with Gasteiger partial charge in [-0.2, -0.15) is 0 Å². The van der Waals surface area contributed by atoms with Crippen LogP contribution in [0.5, 0.6) is 0 Å². The third-order valence-corrected chi connectivity index (χ3v) is 1.95. The van der Waals surface area contributed by atoms with Crippen molar-refractivity contribution in [3.63, 3.8) is 0 Å². The number of rotatable bonds is 4. The van der Waals surface area contributed by atoms with Crippen molar-refractivity contribution in [2.45, 2.75) is 18.4 Å². The molecule has 0 fully saturated rings. The molecule has 3 heteroatoms. The van der Waals surface area contributed by atoms with Gasteiger partial charge in [0.2, 0.25) is 0 Å². The molecule has 1 aliphatic heterocycles. The standard InChI is InChI=1S/C8H14N2O/c9-5-3-8(4-7-11)2-1-6-10-8/h1-2,6,11H,3-5,7,9H2. The summed E-state index contributed by atoms with van der Waals surface area (Å²) in [5.41, 5.74) is 5.24. The first kappa shape index (κ1) is 8.43. The maximum absolute atomic E-state index is 8.77. The van der Waals surface area contributed by atoms with Crippen molar-refractivity contribution in [1.29, 1.82) is 0 Å². The van der Waals surface area contributed by atoms with Crippen LogP contribution in [0.15, 0.2) is 17.1 Å². The minimum Gasteiger partial charge on any atom is -0.396 e. The maximum atomic E-state index is 8.77. The predicted octanol–water partition coefficient (Wildman–Crippen LogP) is 0.0970. The lowest BCUT2D eigenvalue weighted by atomic mass is 9.93. The molecule has 0 aromatic heterocycles. The summed E-state index contributed by atoms with van der Waals surface area (Å²) in [6, 6.07) is 0. The Morgan fingerprint density at radius 1 is 1.45 bits per heavy atom. The SMILES string of the molecule is NCCC1(CCO)C=CC=N1. The van der Waals surface area contributed by atoms with E-state index in [1.807, 2.05) is 12.2 Å². The largest absolute Gasteiger partial charge is 0.396 e. The van der Waals surface area contributed by atoms with Gasteiger partial charge < -0.3 is 10.8 Å². The van der Waals surface area contributed by atoms with Crippen molar-refractivity contribution in [2.75, 3.05) is 13.2 Å². The second-order valence-electron chi connectivity index (χ2n) is 2.75. The van der Waals surface area contributed by atoms with Crippen LogP contribution in [0.4, 0.5) is 0 Å². The summed E-state index contributed by atoms with van der Waals surface area (Å²) >= 11 is 0. The minimum atomic E-state index is -0.191. The van der Waals surface area contributed by atoms with Gasteiger partial charge in [0, 0.05) is 12.8 Å². The number of hydrogen-bond donors (Lipinski definition) is 2.